The number of fused-ring (bicyclic) bond motifs is 1. The van der Waals surface area contributed by atoms with Gasteiger partial charge in [0.15, 0.2) is 5.69 Å². The van der Waals surface area contributed by atoms with Gasteiger partial charge in [0.25, 0.3) is 5.91 Å². The van der Waals surface area contributed by atoms with E-state index in [1.165, 1.54) is 5.56 Å². The molecule has 178 valence electrons. The van der Waals surface area contributed by atoms with E-state index in [1.54, 1.807) is 0 Å². The Balaban J connectivity index is 1.13. The van der Waals surface area contributed by atoms with Gasteiger partial charge in [0.2, 0.25) is 5.91 Å². The molecule has 1 aromatic heterocycles. The topological polar surface area (TPSA) is 90.6 Å². The van der Waals surface area contributed by atoms with Crippen LogP contribution in [0.2, 0.25) is 0 Å². The van der Waals surface area contributed by atoms with Gasteiger partial charge in [-0.25, -0.2) is 0 Å². The minimum atomic E-state index is -0.0768. The molecule has 0 bridgehead atoms. The molecule has 0 radical (unpaired) electrons. The molecule has 5 rings (SSSR count). The lowest BCUT2D eigenvalue weighted by Gasteiger charge is -2.38. The van der Waals surface area contributed by atoms with Gasteiger partial charge in [0.05, 0.1) is 12.1 Å². The Bertz CT molecular complexity index is 1130. The maximum Gasteiger partial charge on any atom is 0.275 e. The molecule has 3 aromatic rings. The first-order valence-electron chi connectivity index (χ1n) is 12.0. The molecule has 2 amide bonds. The SMILES string of the molecule is O=C(CN1CCN(C(=O)c2n[nH]c3ccccc23)CC1)NCC1(c2ccccc2)CCOCC1. The molecule has 2 N–H and O–H groups in total. The van der Waals surface area contributed by atoms with E-state index in [2.05, 4.69) is 44.7 Å². The molecule has 0 atom stereocenters. The summed E-state index contributed by atoms with van der Waals surface area (Å²) >= 11 is 0. The fourth-order valence-electron chi connectivity index (χ4n) is 5.03. The number of aromatic nitrogens is 2. The maximum atomic E-state index is 13.0. The maximum absolute atomic E-state index is 13.0. The smallest absolute Gasteiger partial charge is 0.275 e. The van der Waals surface area contributed by atoms with Crippen LogP contribution in [-0.4, -0.2) is 84.3 Å². The minimum absolute atomic E-state index is 0.0277. The summed E-state index contributed by atoms with van der Waals surface area (Å²) in [5.41, 5.74) is 2.51. The zero-order chi connectivity index (χ0) is 23.4. The highest BCUT2D eigenvalue weighted by Gasteiger charge is 2.35. The summed E-state index contributed by atoms with van der Waals surface area (Å²) in [5, 5.41) is 11.2. The van der Waals surface area contributed by atoms with Gasteiger partial charge in [-0.2, -0.15) is 5.10 Å². The van der Waals surface area contributed by atoms with Crippen LogP contribution in [0.3, 0.4) is 0 Å². The van der Waals surface area contributed by atoms with Gasteiger partial charge in [0.1, 0.15) is 0 Å². The highest BCUT2D eigenvalue weighted by molar-refractivity contribution is 6.04. The van der Waals surface area contributed by atoms with E-state index in [-0.39, 0.29) is 17.2 Å². The summed E-state index contributed by atoms with van der Waals surface area (Å²) in [4.78, 5) is 29.7. The molecule has 2 aliphatic rings. The largest absolute Gasteiger partial charge is 0.381 e. The van der Waals surface area contributed by atoms with Crippen LogP contribution in [0, 0.1) is 0 Å². The molecule has 2 saturated heterocycles. The number of ether oxygens (including phenoxy) is 1. The number of aromatic amines is 1. The number of nitrogens with one attached hydrogen (secondary N) is 2. The fourth-order valence-corrected chi connectivity index (χ4v) is 5.03. The molecule has 0 unspecified atom stereocenters. The standard InChI is InChI=1S/C26H31N5O3/c32-23(27-19-26(10-16-34-17-11-26)20-6-2-1-3-7-20)18-30-12-14-31(15-13-30)25(33)24-21-8-4-5-9-22(21)28-29-24/h1-9H,10-19H2,(H,27,32)(H,28,29). The number of hydrogen-bond acceptors (Lipinski definition) is 5. The van der Waals surface area contributed by atoms with Gasteiger partial charge in [-0.1, -0.05) is 48.5 Å². The van der Waals surface area contributed by atoms with Crippen molar-refractivity contribution in [2.24, 2.45) is 0 Å². The second-order valence-corrected chi connectivity index (χ2v) is 9.22. The van der Waals surface area contributed by atoms with Crippen LogP contribution in [-0.2, 0) is 14.9 Å². The first kappa shape index (κ1) is 22.6. The van der Waals surface area contributed by atoms with Crippen LogP contribution in [0.15, 0.2) is 54.6 Å². The molecule has 8 heteroatoms. The molecule has 2 fully saturated rings. The third-order valence-corrected chi connectivity index (χ3v) is 7.16. The highest BCUT2D eigenvalue weighted by atomic mass is 16.5. The Morgan fingerprint density at radius 2 is 1.68 bits per heavy atom. The van der Waals surface area contributed by atoms with Crippen LogP contribution in [0.25, 0.3) is 10.9 Å². The number of amides is 2. The molecule has 3 heterocycles. The third-order valence-electron chi connectivity index (χ3n) is 7.16. The zero-order valence-electron chi connectivity index (χ0n) is 19.3. The van der Waals surface area contributed by atoms with Crippen molar-refractivity contribution in [1.82, 2.24) is 25.3 Å². The zero-order valence-corrected chi connectivity index (χ0v) is 19.3. The van der Waals surface area contributed by atoms with Crippen LogP contribution >= 0.6 is 0 Å². The molecule has 34 heavy (non-hydrogen) atoms. The van der Waals surface area contributed by atoms with E-state index in [9.17, 15) is 9.59 Å². The molecule has 8 nitrogen and oxygen atoms in total. The number of carbonyl (C=O) groups excluding carboxylic acids is 2. The van der Waals surface area contributed by atoms with Crippen LogP contribution < -0.4 is 5.32 Å². The van der Waals surface area contributed by atoms with Crippen molar-refractivity contribution in [3.63, 3.8) is 0 Å². The van der Waals surface area contributed by atoms with Crippen LogP contribution in [0.1, 0.15) is 28.9 Å². The van der Waals surface area contributed by atoms with E-state index in [1.807, 2.05) is 35.2 Å². The van der Waals surface area contributed by atoms with E-state index >= 15 is 0 Å². The van der Waals surface area contributed by atoms with Gasteiger partial charge in [0, 0.05) is 56.7 Å². The number of hydrogen-bond donors (Lipinski definition) is 2. The van der Waals surface area contributed by atoms with Crippen molar-refractivity contribution in [1.29, 1.82) is 0 Å². The quantitative estimate of drug-likeness (QED) is 0.587. The lowest BCUT2D eigenvalue weighted by Crippen LogP contribution is -2.52. The van der Waals surface area contributed by atoms with Gasteiger partial charge >= 0.3 is 0 Å². The summed E-state index contributed by atoms with van der Waals surface area (Å²) < 4.78 is 5.59. The monoisotopic (exact) mass is 461 g/mol. The van der Waals surface area contributed by atoms with Crippen molar-refractivity contribution in [2.45, 2.75) is 18.3 Å². The molecule has 2 aromatic carbocycles. The molecule has 2 aliphatic heterocycles. The lowest BCUT2D eigenvalue weighted by atomic mass is 9.74. The second kappa shape index (κ2) is 9.95. The average Bonchev–Trinajstić information content (AvgIpc) is 3.33. The van der Waals surface area contributed by atoms with Gasteiger partial charge in [-0.3, -0.25) is 19.6 Å². The molecule has 0 saturated carbocycles. The molecule has 0 spiro atoms. The molecular formula is C26H31N5O3. The Kier molecular flexibility index (Phi) is 6.60. The van der Waals surface area contributed by atoms with E-state index in [0.717, 1.165) is 23.7 Å². The van der Waals surface area contributed by atoms with Crippen molar-refractivity contribution < 1.29 is 14.3 Å². The number of rotatable bonds is 6. The highest BCUT2D eigenvalue weighted by Crippen LogP contribution is 2.34. The Labute approximate surface area is 199 Å². The molecule has 0 aliphatic carbocycles. The van der Waals surface area contributed by atoms with Crippen LogP contribution in [0.4, 0.5) is 0 Å². The van der Waals surface area contributed by atoms with Crippen molar-refractivity contribution in [3.05, 3.63) is 65.9 Å². The number of para-hydroxylation sites is 1. The first-order chi connectivity index (χ1) is 16.6. The third kappa shape index (κ3) is 4.69. The lowest BCUT2D eigenvalue weighted by molar-refractivity contribution is -0.123. The van der Waals surface area contributed by atoms with E-state index in [4.69, 9.17) is 4.74 Å². The Hall–Kier alpha value is -3.23. The average molecular weight is 462 g/mol. The van der Waals surface area contributed by atoms with E-state index in [0.29, 0.717) is 58.2 Å². The molecular weight excluding hydrogens is 430 g/mol. The summed E-state index contributed by atoms with van der Waals surface area (Å²) in [6.07, 6.45) is 1.81. The normalized spacial score (nSPS) is 18.6. The second-order valence-electron chi connectivity index (χ2n) is 9.22. The van der Waals surface area contributed by atoms with Crippen molar-refractivity contribution >= 4 is 22.7 Å². The van der Waals surface area contributed by atoms with Crippen molar-refractivity contribution in [2.75, 3.05) is 52.5 Å². The van der Waals surface area contributed by atoms with Crippen molar-refractivity contribution in [3.8, 4) is 0 Å². The van der Waals surface area contributed by atoms with Gasteiger partial charge in [-0.15, -0.1) is 0 Å². The number of H-pyrrole nitrogens is 1. The minimum Gasteiger partial charge on any atom is -0.381 e. The Morgan fingerprint density at radius 1 is 0.971 bits per heavy atom. The number of carbonyl (C=O) groups is 2. The van der Waals surface area contributed by atoms with E-state index < -0.39 is 0 Å². The number of piperazine rings is 1. The van der Waals surface area contributed by atoms with Gasteiger partial charge in [-0.05, 0) is 24.5 Å². The fraction of sp³-hybridized carbons (Fsp3) is 0.423. The Morgan fingerprint density at radius 3 is 2.44 bits per heavy atom. The summed E-state index contributed by atoms with van der Waals surface area (Å²) in [7, 11) is 0. The predicted molar refractivity (Wildman–Crippen MR) is 130 cm³/mol. The predicted octanol–water partition coefficient (Wildman–Crippen LogP) is 2.19. The summed E-state index contributed by atoms with van der Waals surface area (Å²) in [5.74, 6) is -0.0364. The number of benzene rings is 2. The first-order valence-corrected chi connectivity index (χ1v) is 12.0. The van der Waals surface area contributed by atoms with Gasteiger partial charge < -0.3 is 15.0 Å². The summed E-state index contributed by atoms with van der Waals surface area (Å²) in [6, 6.07) is 18.1. The summed E-state index contributed by atoms with van der Waals surface area (Å²) in [6.45, 7) is 4.88. The van der Waals surface area contributed by atoms with Crippen LogP contribution in [0.5, 0.6) is 0 Å². The number of nitrogens with zero attached hydrogens (tertiary/aromatic N) is 3.